The predicted molar refractivity (Wildman–Crippen MR) is 41.8 cm³/mol. The molecular formula is C6H10N4O. The summed E-state index contributed by atoms with van der Waals surface area (Å²) in [6.07, 6.45) is 3.05. The van der Waals surface area contributed by atoms with Crippen molar-refractivity contribution >= 4 is 5.91 Å². The van der Waals surface area contributed by atoms with Crippen molar-refractivity contribution in [1.82, 2.24) is 5.32 Å². The molecule has 11 heavy (non-hydrogen) atoms. The molecule has 0 rings (SSSR count). The molecule has 60 valence electrons. The Kier molecular flexibility index (Phi) is 5.74. The van der Waals surface area contributed by atoms with E-state index in [1.165, 1.54) is 6.08 Å². The van der Waals surface area contributed by atoms with Crippen molar-refractivity contribution in [3.05, 3.63) is 22.6 Å². The normalized spacial score (nSPS) is 9.18. The lowest BCUT2D eigenvalue weighted by Crippen LogP contribution is -2.23. The van der Waals surface area contributed by atoms with Crippen LogP contribution in [0.1, 0.15) is 6.92 Å². The lowest BCUT2D eigenvalue weighted by Gasteiger charge is -1.95. The van der Waals surface area contributed by atoms with Crippen LogP contribution in [0.5, 0.6) is 0 Å². The van der Waals surface area contributed by atoms with Crippen molar-refractivity contribution in [3.63, 3.8) is 0 Å². The standard InChI is InChI=1S/C6H10N4O/c1-2-3-6(11)8-4-5-9-10-7/h2-3H,4-5H2,1H3,(H,8,11)/b3-2+. The number of hydrogen-bond donors (Lipinski definition) is 1. The van der Waals surface area contributed by atoms with Crippen molar-refractivity contribution in [2.75, 3.05) is 13.1 Å². The number of carbonyl (C=O) groups excluding carboxylic acids is 1. The molecule has 5 nitrogen and oxygen atoms in total. The van der Waals surface area contributed by atoms with E-state index < -0.39 is 0 Å². The molecule has 1 N–H and O–H groups in total. The summed E-state index contributed by atoms with van der Waals surface area (Å²) in [6.45, 7) is 2.43. The number of nitrogens with zero attached hydrogens (tertiary/aromatic N) is 3. The molecule has 1 amide bonds. The molecular weight excluding hydrogens is 144 g/mol. The van der Waals surface area contributed by atoms with E-state index in [0.29, 0.717) is 13.1 Å². The first kappa shape index (κ1) is 9.52. The number of carbonyl (C=O) groups is 1. The first-order chi connectivity index (χ1) is 5.31. The van der Waals surface area contributed by atoms with E-state index in [0.717, 1.165) is 0 Å². The van der Waals surface area contributed by atoms with Crippen molar-refractivity contribution in [3.8, 4) is 0 Å². The number of azide groups is 1. The highest BCUT2D eigenvalue weighted by molar-refractivity contribution is 5.87. The van der Waals surface area contributed by atoms with Crippen molar-refractivity contribution < 1.29 is 4.79 Å². The number of allylic oxidation sites excluding steroid dienone is 1. The SMILES string of the molecule is C/C=C/C(=O)NCCN=[N+]=[N-]. The summed E-state index contributed by atoms with van der Waals surface area (Å²) in [5.41, 5.74) is 7.87. The second kappa shape index (κ2) is 6.64. The Morgan fingerprint density at radius 1 is 1.82 bits per heavy atom. The van der Waals surface area contributed by atoms with Crippen LogP contribution in [0.4, 0.5) is 0 Å². The highest BCUT2D eigenvalue weighted by atomic mass is 16.1. The zero-order valence-electron chi connectivity index (χ0n) is 6.32. The maximum absolute atomic E-state index is 10.7. The van der Waals surface area contributed by atoms with Gasteiger partial charge in [-0.3, -0.25) is 4.79 Å². The number of amides is 1. The van der Waals surface area contributed by atoms with Crippen LogP contribution in [0.2, 0.25) is 0 Å². The van der Waals surface area contributed by atoms with Gasteiger partial charge in [0.25, 0.3) is 0 Å². The van der Waals surface area contributed by atoms with E-state index in [2.05, 4.69) is 15.3 Å². The minimum absolute atomic E-state index is 0.166. The minimum atomic E-state index is -0.166. The molecule has 0 aromatic rings. The average Bonchev–Trinajstić information content (AvgIpc) is 1.99. The third kappa shape index (κ3) is 6.40. The third-order valence-corrected chi connectivity index (χ3v) is 0.892. The molecule has 0 aliphatic carbocycles. The largest absolute Gasteiger partial charge is 0.352 e. The van der Waals surface area contributed by atoms with Gasteiger partial charge in [0.1, 0.15) is 0 Å². The number of nitrogens with one attached hydrogen (secondary N) is 1. The van der Waals surface area contributed by atoms with E-state index in [1.807, 2.05) is 0 Å². The summed E-state index contributed by atoms with van der Waals surface area (Å²) in [4.78, 5) is 13.2. The lowest BCUT2D eigenvalue weighted by atomic mass is 10.5. The zero-order chi connectivity index (χ0) is 8.53. The van der Waals surface area contributed by atoms with Crippen LogP contribution in [-0.2, 0) is 4.79 Å². The van der Waals surface area contributed by atoms with Gasteiger partial charge in [-0.05, 0) is 18.5 Å². The van der Waals surface area contributed by atoms with Gasteiger partial charge in [0.05, 0.1) is 0 Å². The fraction of sp³-hybridized carbons (Fsp3) is 0.500. The molecule has 0 radical (unpaired) electrons. The van der Waals surface area contributed by atoms with Gasteiger partial charge in [-0.1, -0.05) is 11.2 Å². The molecule has 0 fully saturated rings. The van der Waals surface area contributed by atoms with Gasteiger partial charge in [-0.25, -0.2) is 0 Å². The first-order valence-electron chi connectivity index (χ1n) is 3.22. The van der Waals surface area contributed by atoms with E-state index >= 15 is 0 Å². The van der Waals surface area contributed by atoms with Gasteiger partial charge in [0, 0.05) is 18.0 Å². The highest BCUT2D eigenvalue weighted by Crippen LogP contribution is 1.73. The van der Waals surface area contributed by atoms with Crippen LogP contribution in [0, 0.1) is 0 Å². The minimum Gasteiger partial charge on any atom is -0.352 e. The zero-order valence-corrected chi connectivity index (χ0v) is 6.32. The smallest absolute Gasteiger partial charge is 0.243 e. The summed E-state index contributed by atoms with van der Waals surface area (Å²) in [5, 5.41) is 5.77. The fourth-order valence-corrected chi connectivity index (χ4v) is 0.484. The van der Waals surface area contributed by atoms with Crippen LogP contribution >= 0.6 is 0 Å². The number of hydrogen-bond acceptors (Lipinski definition) is 2. The lowest BCUT2D eigenvalue weighted by molar-refractivity contribution is -0.116. The molecule has 0 atom stereocenters. The topological polar surface area (TPSA) is 77.9 Å². The van der Waals surface area contributed by atoms with E-state index in [9.17, 15) is 4.79 Å². The summed E-state index contributed by atoms with van der Waals surface area (Å²) >= 11 is 0. The maximum atomic E-state index is 10.7. The molecule has 0 aliphatic rings. The molecule has 5 heteroatoms. The second-order valence-corrected chi connectivity index (χ2v) is 1.75. The van der Waals surface area contributed by atoms with Gasteiger partial charge < -0.3 is 5.32 Å². The first-order valence-corrected chi connectivity index (χ1v) is 3.22. The summed E-state index contributed by atoms with van der Waals surface area (Å²) < 4.78 is 0. The van der Waals surface area contributed by atoms with Crippen LogP contribution in [-0.4, -0.2) is 19.0 Å². The Hall–Kier alpha value is -1.48. The van der Waals surface area contributed by atoms with Gasteiger partial charge in [-0.2, -0.15) is 0 Å². The van der Waals surface area contributed by atoms with Crippen LogP contribution in [0.3, 0.4) is 0 Å². The monoisotopic (exact) mass is 154 g/mol. The molecule has 0 saturated carbocycles. The van der Waals surface area contributed by atoms with Crippen molar-refractivity contribution in [2.24, 2.45) is 5.11 Å². The molecule has 0 bridgehead atoms. The Labute approximate surface area is 64.7 Å². The molecule has 0 unspecified atom stereocenters. The highest BCUT2D eigenvalue weighted by Gasteiger charge is 1.89. The summed E-state index contributed by atoms with van der Waals surface area (Å²) in [7, 11) is 0. The Bertz CT molecular complexity index is 193. The molecule has 0 aromatic carbocycles. The number of rotatable bonds is 4. The van der Waals surface area contributed by atoms with Crippen LogP contribution in [0.15, 0.2) is 17.3 Å². The molecule has 0 saturated heterocycles. The molecule has 0 aromatic heterocycles. The second-order valence-electron chi connectivity index (χ2n) is 1.75. The molecule has 0 aliphatic heterocycles. The van der Waals surface area contributed by atoms with Crippen LogP contribution in [0.25, 0.3) is 10.4 Å². The van der Waals surface area contributed by atoms with Gasteiger partial charge >= 0.3 is 0 Å². The van der Waals surface area contributed by atoms with Gasteiger partial charge in [-0.15, -0.1) is 0 Å². The predicted octanol–water partition coefficient (Wildman–Crippen LogP) is 0.989. The van der Waals surface area contributed by atoms with Gasteiger partial charge in [0.2, 0.25) is 5.91 Å². The van der Waals surface area contributed by atoms with E-state index in [-0.39, 0.29) is 5.91 Å². The summed E-state index contributed by atoms with van der Waals surface area (Å²) in [6, 6.07) is 0. The maximum Gasteiger partial charge on any atom is 0.243 e. The van der Waals surface area contributed by atoms with Crippen molar-refractivity contribution in [1.29, 1.82) is 0 Å². The Balaban J connectivity index is 3.38. The molecule has 0 spiro atoms. The van der Waals surface area contributed by atoms with Gasteiger partial charge in [0.15, 0.2) is 0 Å². The Morgan fingerprint density at radius 3 is 3.09 bits per heavy atom. The Morgan fingerprint density at radius 2 is 2.55 bits per heavy atom. The van der Waals surface area contributed by atoms with E-state index in [4.69, 9.17) is 5.53 Å². The summed E-state index contributed by atoms with van der Waals surface area (Å²) in [5.74, 6) is -0.166. The average molecular weight is 154 g/mol. The van der Waals surface area contributed by atoms with Crippen molar-refractivity contribution in [2.45, 2.75) is 6.92 Å². The molecule has 0 heterocycles. The van der Waals surface area contributed by atoms with E-state index in [1.54, 1.807) is 13.0 Å². The fourth-order valence-electron chi connectivity index (χ4n) is 0.484. The third-order valence-electron chi connectivity index (χ3n) is 0.892. The van der Waals surface area contributed by atoms with Crippen LogP contribution < -0.4 is 5.32 Å². The quantitative estimate of drug-likeness (QED) is 0.212.